The smallest absolute Gasteiger partial charge is 0.407 e. The van der Waals surface area contributed by atoms with Gasteiger partial charge in [0.05, 0.1) is 0 Å². The molecule has 2 aliphatic rings. The monoisotopic (exact) mass is 480 g/mol. The fourth-order valence-electron chi connectivity index (χ4n) is 5.09. The zero-order valence-corrected chi connectivity index (χ0v) is 19.9. The highest BCUT2D eigenvalue weighted by atomic mass is 16.5. The predicted octanol–water partition coefficient (Wildman–Crippen LogP) is 3.64. The number of hydrogen-bond acceptors (Lipinski definition) is 5. The second kappa shape index (κ2) is 11.4. The van der Waals surface area contributed by atoms with E-state index in [-0.39, 0.29) is 30.8 Å². The minimum atomic E-state index is -0.829. The zero-order valence-electron chi connectivity index (χ0n) is 19.9. The van der Waals surface area contributed by atoms with E-state index >= 15 is 0 Å². The largest absolute Gasteiger partial charge is 0.481 e. The van der Waals surface area contributed by atoms with Gasteiger partial charge < -0.3 is 24.8 Å². The maximum Gasteiger partial charge on any atom is 0.407 e. The Hall–Kier alpha value is -3.39. The van der Waals surface area contributed by atoms with Crippen molar-refractivity contribution in [1.29, 1.82) is 0 Å². The molecule has 8 heteroatoms. The molecule has 1 saturated heterocycles. The number of carboxylic acid groups (broad SMARTS) is 1. The summed E-state index contributed by atoms with van der Waals surface area (Å²) in [6.07, 6.45) is 1.10. The number of rotatable bonds is 10. The number of carbonyl (C=O) groups excluding carboxylic acids is 2. The van der Waals surface area contributed by atoms with Crippen LogP contribution in [0.2, 0.25) is 0 Å². The van der Waals surface area contributed by atoms with Crippen molar-refractivity contribution in [3.05, 3.63) is 59.7 Å². The van der Waals surface area contributed by atoms with Gasteiger partial charge in [0.1, 0.15) is 12.6 Å². The van der Waals surface area contributed by atoms with Crippen molar-refractivity contribution in [3.63, 3.8) is 0 Å². The number of likely N-dealkylation sites (tertiary alicyclic amines) is 1. The zero-order chi connectivity index (χ0) is 24.8. The first-order valence-corrected chi connectivity index (χ1v) is 12.1. The van der Waals surface area contributed by atoms with Crippen LogP contribution in [0.3, 0.4) is 0 Å². The summed E-state index contributed by atoms with van der Waals surface area (Å²) in [5.41, 5.74) is 4.55. The number of carbonyl (C=O) groups is 3. The minimum absolute atomic E-state index is 0.0603. The fourth-order valence-corrected chi connectivity index (χ4v) is 5.09. The van der Waals surface area contributed by atoms with Crippen molar-refractivity contribution in [3.8, 4) is 11.1 Å². The number of aliphatic carboxylic acids is 1. The van der Waals surface area contributed by atoms with Crippen molar-refractivity contribution in [2.45, 2.75) is 37.6 Å². The molecule has 0 saturated carbocycles. The number of methoxy groups -OCH3 is 1. The summed E-state index contributed by atoms with van der Waals surface area (Å²) >= 11 is 0. The second-order valence-corrected chi connectivity index (χ2v) is 9.18. The van der Waals surface area contributed by atoms with Crippen LogP contribution in [0.5, 0.6) is 0 Å². The van der Waals surface area contributed by atoms with Crippen molar-refractivity contribution in [2.24, 2.45) is 5.92 Å². The molecule has 8 nitrogen and oxygen atoms in total. The molecule has 0 aromatic heterocycles. The number of carboxylic acids is 1. The number of ether oxygens (including phenoxy) is 2. The van der Waals surface area contributed by atoms with Crippen molar-refractivity contribution in [1.82, 2.24) is 10.2 Å². The lowest BCUT2D eigenvalue weighted by Crippen LogP contribution is -2.48. The molecule has 2 atom stereocenters. The van der Waals surface area contributed by atoms with E-state index in [1.54, 1.807) is 12.0 Å². The van der Waals surface area contributed by atoms with E-state index in [0.29, 0.717) is 32.5 Å². The molecular weight excluding hydrogens is 448 g/mol. The van der Waals surface area contributed by atoms with Gasteiger partial charge in [-0.2, -0.15) is 0 Å². The molecule has 1 fully saturated rings. The first kappa shape index (κ1) is 24.7. The van der Waals surface area contributed by atoms with Crippen LogP contribution >= 0.6 is 0 Å². The van der Waals surface area contributed by atoms with Crippen molar-refractivity contribution in [2.75, 3.05) is 33.4 Å². The third-order valence-corrected chi connectivity index (χ3v) is 6.91. The van der Waals surface area contributed by atoms with Crippen LogP contribution in [-0.2, 0) is 19.1 Å². The number of amides is 2. The van der Waals surface area contributed by atoms with Crippen LogP contribution in [-0.4, -0.2) is 67.4 Å². The SMILES string of the molecule is COCCC(NC(=O)OCC1c2ccccc2-c2ccccc21)C(=O)N1CCC(CCC(=O)O)C1. The third-order valence-electron chi connectivity index (χ3n) is 6.91. The lowest BCUT2D eigenvalue weighted by molar-refractivity contribution is -0.137. The van der Waals surface area contributed by atoms with Gasteiger partial charge in [-0.3, -0.25) is 9.59 Å². The van der Waals surface area contributed by atoms with E-state index in [1.165, 1.54) is 0 Å². The Kier molecular flexibility index (Phi) is 8.02. The van der Waals surface area contributed by atoms with Crippen LogP contribution in [0.25, 0.3) is 11.1 Å². The van der Waals surface area contributed by atoms with E-state index in [0.717, 1.165) is 28.7 Å². The standard InChI is InChI=1S/C27H32N2O6/c1-34-15-13-24(26(32)29-14-12-18(16-29)10-11-25(30)31)28-27(33)35-17-23-21-8-4-2-6-19(21)20-7-3-5-9-22(20)23/h2-9,18,23-24H,10-17H2,1H3,(H,28,33)(H,30,31). The highest BCUT2D eigenvalue weighted by Gasteiger charge is 2.33. The summed E-state index contributed by atoms with van der Waals surface area (Å²) in [4.78, 5) is 38.5. The number of hydrogen-bond donors (Lipinski definition) is 2. The molecule has 2 aromatic carbocycles. The van der Waals surface area contributed by atoms with Gasteiger partial charge in [-0.05, 0) is 41.0 Å². The first-order valence-electron chi connectivity index (χ1n) is 12.1. The number of fused-ring (bicyclic) bond motifs is 3. The second-order valence-electron chi connectivity index (χ2n) is 9.18. The van der Waals surface area contributed by atoms with Gasteiger partial charge in [0.25, 0.3) is 0 Å². The minimum Gasteiger partial charge on any atom is -0.481 e. The first-order chi connectivity index (χ1) is 17.0. The molecule has 2 amide bonds. The van der Waals surface area contributed by atoms with E-state index < -0.39 is 18.1 Å². The summed E-state index contributed by atoms with van der Waals surface area (Å²) in [5.74, 6) is -0.916. The number of nitrogens with zero attached hydrogens (tertiary/aromatic N) is 1. The maximum atomic E-state index is 13.1. The van der Waals surface area contributed by atoms with Gasteiger partial charge in [0.2, 0.25) is 5.91 Å². The molecule has 2 unspecified atom stereocenters. The highest BCUT2D eigenvalue weighted by molar-refractivity contribution is 5.86. The average Bonchev–Trinajstić information content (AvgIpc) is 3.46. The molecule has 1 aliphatic heterocycles. The van der Waals surface area contributed by atoms with E-state index in [9.17, 15) is 14.4 Å². The summed E-state index contributed by atoms with van der Waals surface area (Å²) in [5, 5.41) is 11.7. The quantitative estimate of drug-likeness (QED) is 0.538. The van der Waals surface area contributed by atoms with Crippen molar-refractivity contribution >= 4 is 18.0 Å². The number of nitrogens with one attached hydrogen (secondary N) is 1. The van der Waals surface area contributed by atoms with Gasteiger partial charge in [0, 0.05) is 45.6 Å². The predicted molar refractivity (Wildman–Crippen MR) is 130 cm³/mol. The number of alkyl carbamates (subject to hydrolysis) is 1. The van der Waals surface area contributed by atoms with Crippen LogP contribution in [0.4, 0.5) is 4.79 Å². The van der Waals surface area contributed by atoms with E-state index in [4.69, 9.17) is 14.6 Å². The molecule has 0 spiro atoms. The Morgan fingerprint density at radius 2 is 1.74 bits per heavy atom. The van der Waals surface area contributed by atoms with Gasteiger partial charge in [-0.15, -0.1) is 0 Å². The average molecular weight is 481 g/mol. The van der Waals surface area contributed by atoms with Crippen molar-refractivity contribution < 1.29 is 29.0 Å². The molecule has 0 bridgehead atoms. The molecule has 0 radical (unpaired) electrons. The van der Waals surface area contributed by atoms with Gasteiger partial charge in [-0.1, -0.05) is 48.5 Å². The van der Waals surface area contributed by atoms with E-state index in [1.807, 2.05) is 24.3 Å². The summed E-state index contributed by atoms with van der Waals surface area (Å²) in [6.45, 7) is 1.54. The van der Waals surface area contributed by atoms with Crippen LogP contribution in [0.1, 0.15) is 42.7 Å². The lowest BCUT2D eigenvalue weighted by atomic mass is 9.98. The van der Waals surface area contributed by atoms with E-state index in [2.05, 4.69) is 29.6 Å². The molecule has 1 aliphatic carbocycles. The van der Waals surface area contributed by atoms with Gasteiger partial charge in [-0.25, -0.2) is 4.79 Å². The summed E-state index contributed by atoms with van der Waals surface area (Å²) in [6, 6.07) is 15.5. The normalized spacial score (nSPS) is 17.5. The topological polar surface area (TPSA) is 105 Å². The Morgan fingerprint density at radius 1 is 1.09 bits per heavy atom. The summed E-state index contributed by atoms with van der Waals surface area (Å²) in [7, 11) is 1.55. The Labute approximate surface area is 205 Å². The molecule has 186 valence electrons. The molecule has 35 heavy (non-hydrogen) atoms. The highest BCUT2D eigenvalue weighted by Crippen LogP contribution is 2.44. The maximum absolute atomic E-state index is 13.1. The molecular formula is C27H32N2O6. The Morgan fingerprint density at radius 3 is 2.37 bits per heavy atom. The van der Waals surface area contributed by atoms with Crippen LogP contribution < -0.4 is 5.32 Å². The fraction of sp³-hybridized carbons (Fsp3) is 0.444. The molecule has 4 rings (SSSR count). The van der Waals surface area contributed by atoms with Crippen LogP contribution in [0, 0.1) is 5.92 Å². The summed E-state index contributed by atoms with van der Waals surface area (Å²) < 4.78 is 10.8. The Bertz CT molecular complexity index is 1030. The molecule has 1 heterocycles. The molecule has 2 aromatic rings. The Balaban J connectivity index is 1.36. The van der Waals surface area contributed by atoms with Gasteiger partial charge >= 0.3 is 12.1 Å². The van der Waals surface area contributed by atoms with Gasteiger partial charge in [0.15, 0.2) is 0 Å². The van der Waals surface area contributed by atoms with Crippen LogP contribution in [0.15, 0.2) is 48.5 Å². The molecule has 2 N–H and O–H groups in total. The number of benzene rings is 2. The third kappa shape index (κ3) is 5.82. The lowest BCUT2D eigenvalue weighted by Gasteiger charge is -2.24.